The first kappa shape index (κ1) is 13.6. The maximum absolute atomic E-state index is 5.69. The average molecular weight is 217 g/mol. The molecule has 0 unspecified atom stereocenters. The first-order valence-electron chi connectivity index (χ1n) is 5.23. The van der Waals surface area contributed by atoms with E-state index < -0.39 is 0 Å². The Labute approximate surface area is 91.9 Å². The third-order valence-corrected chi connectivity index (χ3v) is 4.19. The van der Waals surface area contributed by atoms with E-state index >= 15 is 0 Å². The minimum Gasteiger partial charge on any atom is -0.370 e. The molecule has 0 aliphatic heterocycles. The van der Waals surface area contributed by atoms with Crippen LogP contribution in [0.4, 0.5) is 0 Å². The smallest absolute Gasteiger partial charge is 0.188 e. The van der Waals surface area contributed by atoms with Gasteiger partial charge in [0.2, 0.25) is 0 Å². The number of guanidine groups is 1. The van der Waals surface area contributed by atoms with Crippen molar-refractivity contribution in [2.45, 2.75) is 38.4 Å². The minimum atomic E-state index is 0.264. The number of rotatable bonds is 6. The van der Waals surface area contributed by atoms with Gasteiger partial charge in [-0.15, -0.1) is 0 Å². The van der Waals surface area contributed by atoms with Gasteiger partial charge in [-0.3, -0.25) is 4.99 Å². The molecule has 0 aliphatic rings. The van der Waals surface area contributed by atoms with Crippen LogP contribution < -0.4 is 11.1 Å². The highest BCUT2D eigenvalue weighted by Gasteiger charge is 2.24. The van der Waals surface area contributed by atoms with Crippen molar-refractivity contribution >= 4 is 17.7 Å². The van der Waals surface area contributed by atoms with Gasteiger partial charge in [0, 0.05) is 11.3 Å². The summed E-state index contributed by atoms with van der Waals surface area (Å²) in [5.41, 5.74) is 5.69. The van der Waals surface area contributed by atoms with E-state index in [0.29, 0.717) is 5.96 Å². The first-order valence-corrected chi connectivity index (χ1v) is 6.45. The predicted molar refractivity (Wildman–Crippen MR) is 67.0 cm³/mol. The van der Waals surface area contributed by atoms with Crippen molar-refractivity contribution in [2.75, 3.05) is 19.3 Å². The highest BCUT2D eigenvalue weighted by Crippen LogP contribution is 2.30. The molecule has 0 bridgehead atoms. The Hall–Kier alpha value is -0.380. The molecule has 0 aliphatic carbocycles. The van der Waals surface area contributed by atoms with Gasteiger partial charge < -0.3 is 11.1 Å². The van der Waals surface area contributed by atoms with Gasteiger partial charge in [0.1, 0.15) is 0 Å². The Morgan fingerprint density at radius 2 is 1.93 bits per heavy atom. The largest absolute Gasteiger partial charge is 0.370 e. The van der Waals surface area contributed by atoms with Crippen LogP contribution >= 0.6 is 11.8 Å². The maximum atomic E-state index is 5.69. The van der Waals surface area contributed by atoms with Crippen LogP contribution in [0.15, 0.2) is 4.99 Å². The van der Waals surface area contributed by atoms with Crippen LogP contribution in [0.25, 0.3) is 0 Å². The van der Waals surface area contributed by atoms with Crippen molar-refractivity contribution in [1.82, 2.24) is 5.32 Å². The van der Waals surface area contributed by atoms with Gasteiger partial charge in [-0.05, 0) is 26.0 Å². The third kappa shape index (κ3) is 4.22. The molecule has 0 fully saturated rings. The van der Waals surface area contributed by atoms with Crippen molar-refractivity contribution < 1.29 is 0 Å². The topological polar surface area (TPSA) is 50.4 Å². The van der Waals surface area contributed by atoms with E-state index in [0.717, 1.165) is 25.9 Å². The lowest BCUT2D eigenvalue weighted by atomic mass is 10.0. The summed E-state index contributed by atoms with van der Waals surface area (Å²) < 4.78 is 0.264. The summed E-state index contributed by atoms with van der Waals surface area (Å²) in [6.45, 7) is 8.07. The Morgan fingerprint density at radius 3 is 2.29 bits per heavy atom. The minimum absolute atomic E-state index is 0.264. The summed E-state index contributed by atoms with van der Waals surface area (Å²) in [6, 6.07) is 0. The van der Waals surface area contributed by atoms with E-state index in [1.807, 2.05) is 18.7 Å². The number of hydrogen-bond acceptors (Lipinski definition) is 2. The van der Waals surface area contributed by atoms with E-state index in [2.05, 4.69) is 30.4 Å². The molecule has 0 aromatic carbocycles. The Morgan fingerprint density at radius 1 is 1.36 bits per heavy atom. The SMILES string of the molecule is CCNC(N)=NCC(CC)(CC)SC. The number of nitrogens with zero attached hydrogens (tertiary/aromatic N) is 1. The lowest BCUT2D eigenvalue weighted by molar-refractivity contribution is 0.559. The molecule has 0 aromatic heterocycles. The van der Waals surface area contributed by atoms with Gasteiger partial charge in [-0.25, -0.2) is 0 Å². The van der Waals surface area contributed by atoms with Gasteiger partial charge >= 0.3 is 0 Å². The molecule has 0 heterocycles. The van der Waals surface area contributed by atoms with Crippen LogP contribution in [0, 0.1) is 0 Å². The molecule has 4 heteroatoms. The van der Waals surface area contributed by atoms with Crippen LogP contribution in [-0.2, 0) is 0 Å². The van der Waals surface area contributed by atoms with Crippen LogP contribution in [0.3, 0.4) is 0 Å². The number of hydrogen-bond donors (Lipinski definition) is 2. The second kappa shape index (κ2) is 6.98. The van der Waals surface area contributed by atoms with E-state index in [1.54, 1.807) is 0 Å². The van der Waals surface area contributed by atoms with Crippen molar-refractivity contribution in [3.63, 3.8) is 0 Å². The highest BCUT2D eigenvalue weighted by molar-refractivity contribution is 8.00. The molecule has 3 nitrogen and oxygen atoms in total. The van der Waals surface area contributed by atoms with E-state index in [9.17, 15) is 0 Å². The van der Waals surface area contributed by atoms with Crippen molar-refractivity contribution in [2.24, 2.45) is 10.7 Å². The summed E-state index contributed by atoms with van der Waals surface area (Å²) in [5.74, 6) is 0.563. The van der Waals surface area contributed by atoms with Crippen LogP contribution in [0.1, 0.15) is 33.6 Å². The van der Waals surface area contributed by atoms with Crippen LogP contribution in [0.2, 0.25) is 0 Å². The fraction of sp³-hybridized carbons (Fsp3) is 0.900. The molecule has 14 heavy (non-hydrogen) atoms. The fourth-order valence-corrected chi connectivity index (χ4v) is 2.06. The quantitative estimate of drug-likeness (QED) is 0.527. The second-order valence-electron chi connectivity index (χ2n) is 3.33. The highest BCUT2D eigenvalue weighted by atomic mass is 32.2. The molecule has 0 amide bonds. The summed E-state index contributed by atoms with van der Waals surface area (Å²) in [5, 5.41) is 3.01. The molecule has 0 saturated carbocycles. The number of nitrogens with two attached hydrogens (primary N) is 1. The Bertz CT molecular complexity index is 168. The average Bonchev–Trinajstić information content (AvgIpc) is 2.21. The molecule has 0 spiro atoms. The van der Waals surface area contributed by atoms with Gasteiger partial charge in [0.05, 0.1) is 6.54 Å². The molecular weight excluding hydrogens is 194 g/mol. The zero-order valence-electron chi connectivity index (χ0n) is 9.76. The van der Waals surface area contributed by atoms with Gasteiger partial charge in [-0.2, -0.15) is 11.8 Å². The zero-order valence-corrected chi connectivity index (χ0v) is 10.6. The monoisotopic (exact) mass is 217 g/mol. The van der Waals surface area contributed by atoms with Crippen LogP contribution in [-0.4, -0.2) is 30.1 Å². The summed E-state index contributed by atoms with van der Waals surface area (Å²) >= 11 is 1.89. The zero-order chi connectivity index (χ0) is 11.0. The Kier molecular flexibility index (Phi) is 6.79. The number of thioether (sulfide) groups is 1. The molecule has 0 radical (unpaired) electrons. The van der Waals surface area contributed by atoms with Crippen molar-refractivity contribution in [3.05, 3.63) is 0 Å². The molecule has 0 saturated heterocycles. The van der Waals surface area contributed by atoms with E-state index in [4.69, 9.17) is 5.73 Å². The fourth-order valence-electron chi connectivity index (χ4n) is 1.29. The third-order valence-electron chi connectivity index (χ3n) is 2.62. The molecule has 0 rings (SSSR count). The van der Waals surface area contributed by atoms with Crippen LogP contribution in [0.5, 0.6) is 0 Å². The molecule has 0 atom stereocenters. The molecule has 3 N–H and O–H groups in total. The van der Waals surface area contributed by atoms with Crippen molar-refractivity contribution in [1.29, 1.82) is 0 Å². The van der Waals surface area contributed by atoms with Gasteiger partial charge in [0.15, 0.2) is 5.96 Å². The molecule has 84 valence electrons. The van der Waals surface area contributed by atoms with Gasteiger partial charge in [0.25, 0.3) is 0 Å². The Balaban J connectivity index is 4.23. The number of nitrogens with one attached hydrogen (secondary N) is 1. The van der Waals surface area contributed by atoms with E-state index in [1.165, 1.54) is 0 Å². The lowest BCUT2D eigenvalue weighted by Gasteiger charge is -2.27. The predicted octanol–water partition coefficient (Wildman–Crippen LogP) is 1.83. The summed E-state index contributed by atoms with van der Waals surface area (Å²) in [6.07, 6.45) is 4.41. The maximum Gasteiger partial charge on any atom is 0.188 e. The number of aliphatic imine (C=N–C) groups is 1. The van der Waals surface area contributed by atoms with Gasteiger partial charge in [-0.1, -0.05) is 13.8 Å². The molecular formula is C10H23N3S. The lowest BCUT2D eigenvalue weighted by Crippen LogP contribution is -2.34. The standard InChI is InChI=1S/C10H23N3S/c1-5-10(6-2,14-4)8-13-9(11)12-7-3/h5-8H2,1-4H3,(H3,11,12,13). The summed E-state index contributed by atoms with van der Waals surface area (Å²) in [4.78, 5) is 4.36. The van der Waals surface area contributed by atoms with E-state index in [-0.39, 0.29) is 4.75 Å². The second-order valence-corrected chi connectivity index (χ2v) is 4.60. The normalized spacial score (nSPS) is 13.0. The molecule has 0 aromatic rings. The first-order chi connectivity index (χ1) is 6.64. The van der Waals surface area contributed by atoms with Crippen molar-refractivity contribution in [3.8, 4) is 0 Å². The summed E-state index contributed by atoms with van der Waals surface area (Å²) in [7, 11) is 0.